The van der Waals surface area contributed by atoms with Gasteiger partial charge < -0.3 is 4.74 Å². The number of anilines is 1. The third-order valence-electron chi connectivity index (χ3n) is 5.12. The van der Waals surface area contributed by atoms with Gasteiger partial charge in [0, 0.05) is 6.42 Å². The zero-order valence-electron chi connectivity index (χ0n) is 13.9. The molecule has 126 valence electrons. The van der Waals surface area contributed by atoms with Gasteiger partial charge in [0.25, 0.3) is 5.82 Å². The maximum atomic E-state index is 5.31. The third-order valence-corrected chi connectivity index (χ3v) is 6.50. The van der Waals surface area contributed by atoms with Crippen molar-refractivity contribution in [1.82, 2.24) is 0 Å². The lowest BCUT2D eigenvalue weighted by Gasteiger charge is -2.32. The van der Waals surface area contributed by atoms with Crippen LogP contribution in [0, 0.1) is 6.92 Å². The average molecular weight is 453 g/mol. The van der Waals surface area contributed by atoms with Gasteiger partial charge in [0.15, 0.2) is 0 Å². The molecular formula is C19H21Br2N2O+. The van der Waals surface area contributed by atoms with Crippen LogP contribution in [0.15, 0.2) is 39.3 Å². The quantitative estimate of drug-likeness (QED) is 0.623. The largest absolute Gasteiger partial charge is 0.497 e. The summed E-state index contributed by atoms with van der Waals surface area (Å²) >= 11 is 7.55. The van der Waals surface area contributed by atoms with E-state index in [0.29, 0.717) is 12.1 Å². The molecule has 2 heterocycles. The van der Waals surface area contributed by atoms with E-state index in [0.717, 1.165) is 23.2 Å². The molecule has 4 rings (SSSR count). The van der Waals surface area contributed by atoms with Crippen molar-refractivity contribution < 1.29 is 9.30 Å². The topological polar surface area (TPSA) is 16.4 Å². The number of benzene rings is 1. The number of ether oxygens (including phenoxy) is 1. The molecule has 1 atom stereocenters. The number of hydrogen-bond donors (Lipinski definition) is 0. The van der Waals surface area contributed by atoms with Crippen molar-refractivity contribution in [3.05, 3.63) is 50.5 Å². The number of pyridine rings is 1. The first-order valence-corrected chi connectivity index (χ1v) is 9.99. The van der Waals surface area contributed by atoms with Crippen LogP contribution in [-0.2, 0) is 0 Å². The van der Waals surface area contributed by atoms with Gasteiger partial charge in [-0.25, -0.2) is 4.57 Å². The first-order valence-electron chi connectivity index (χ1n) is 8.41. The smallest absolute Gasteiger partial charge is 0.292 e. The fourth-order valence-corrected chi connectivity index (χ4v) is 5.08. The van der Waals surface area contributed by atoms with Gasteiger partial charge in [0.1, 0.15) is 22.0 Å². The van der Waals surface area contributed by atoms with Crippen LogP contribution in [-0.4, -0.2) is 19.7 Å². The van der Waals surface area contributed by atoms with Crippen molar-refractivity contribution >= 4 is 37.7 Å². The van der Waals surface area contributed by atoms with Gasteiger partial charge in [0.05, 0.1) is 24.2 Å². The van der Waals surface area contributed by atoms with Crippen molar-refractivity contribution in [3.8, 4) is 5.75 Å². The lowest BCUT2D eigenvalue weighted by Crippen LogP contribution is -2.54. The lowest BCUT2D eigenvalue weighted by molar-refractivity contribution is -0.712. The normalized spacial score (nSPS) is 20.0. The fraction of sp³-hybridized carbons (Fsp3) is 0.421. The molecule has 0 amide bonds. The van der Waals surface area contributed by atoms with Gasteiger partial charge in [-0.1, -0.05) is 12.1 Å². The molecule has 1 aromatic heterocycles. The Bertz CT molecular complexity index is 772. The number of hydrogen-bond acceptors (Lipinski definition) is 2. The van der Waals surface area contributed by atoms with Crippen molar-refractivity contribution in [2.45, 2.75) is 38.3 Å². The van der Waals surface area contributed by atoms with E-state index in [4.69, 9.17) is 4.74 Å². The first-order chi connectivity index (χ1) is 11.6. The van der Waals surface area contributed by atoms with Crippen LogP contribution in [0.5, 0.6) is 5.75 Å². The molecule has 0 saturated heterocycles. The Balaban J connectivity index is 1.84. The summed E-state index contributed by atoms with van der Waals surface area (Å²) in [4.78, 5) is 2.59. The monoisotopic (exact) mass is 451 g/mol. The molecule has 0 bridgehead atoms. The van der Waals surface area contributed by atoms with E-state index in [2.05, 4.69) is 78.6 Å². The number of methoxy groups -OCH3 is 1. The highest BCUT2D eigenvalue weighted by Crippen LogP contribution is 2.40. The van der Waals surface area contributed by atoms with Crippen LogP contribution < -0.4 is 14.2 Å². The zero-order chi connectivity index (χ0) is 16.8. The Morgan fingerprint density at radius 2 is 1.79 bits per heavy atom. The summed E-state index contributed by atoms with van der Waals surface area (Å²) in [6.45, 7) is 3.31. The van der Waals surface area contributed by atoms with E-state index in [1.807, 2.05) is 0 Å². The molecule has 1 aromatic carbocycles. The summed E-state index contributed by atoms with van der Waals surface area (Å²) in [5, 5.41) is 0. The minimum Gasteiger partial charge on any atom is -0.497 e. The highest BCUT2D eigenvalue weighted by molar-refractivity contribution is 9.11. The van der Waals surface area contributed by atoms with Crippen LogP contribution in [0.2, 0.25) is 0 Å². The summed E-state index contributed by atoms with van der Waals surface area (Å²) in [6, 6.07) is 11.8. The molecule has 0 spiro atoms. The van der Waals surface area contributed by atoms with Crippen LogP contribution >= 0.6 is 31.9 Å². The maximum absolute atomic E-state index is 5.31. The number of fused-ring (bicyclic) bond motifs is 1. The van der Waals surface area contributed by atoms with E-state index < -0.39 is 0 Å². The summed E-state index contributed by atoms with van der Waals surface area (Å²) < 4.78 is 10.1. The second-order valence-electron chi connectivity index (χ2n) is 6.62. The van der Waals surface area contributed by atoms with Gasteiger partial charge in [-0.2, -0.15) is 0 Å². The first kappa shape index (κ1) is 16.4. The Labute approximate surface area is 159 Å². The molecule has 3 nitrogen and oxygen atoms in total. The second kappa shape index (κ2) is 6.34. The SMILES string of the molecule is COc1ccc(C2CCN(C3CC3)c3c(Br)cc(Br)c(C)[n+]32)cc1. The summed E-state index contributed by atoms with van der Waals surface area (Å²) in [5.74, 6) is 2.23. The van der Waals surface area contributed by atoms with Crippen molar-refractivity contribution in [2.75, 3.05) is 18.6 Å². The van der Waals surface area contributed by atoms with Crippen LogP contribution in [0.25, 0.3) is 0 Å². The highest BCUT2D eigenvalue weighted by atomic mass is 79.9. The van der Waals surface area contributed by atoms with Crippen LogP contribution in [0.1, 0.15) is 36.6 Å². The minimum atomic E-state index is 0.356. The Morgan fingerprint density at radius 1 is 1.08 bits per heavy atom. The number of halogens is 2. The van der Waals surface area contributed by atoms with E-state index in [9.17, 15) is 0 Å². The van der Waals surface area contributed by atoms with Gasteiger partial charge in [-0.3, -0.25) is 4.90 Å². The molecule has 2 aromatic rings. The predicted octanol–water partition coefficient (Wildman–Crippen LogP) is 4.78. The molecule has 0 N–H and O–H groups in total. The second-order valence-corrected chi connectivity index (χ2v) is 8.33. The lowest BCUT2D eigenvalue weighted by atomic mass is 9.99. The molecule has 0 radical (unpaired) electrons. The standard InChI is InChI=1S/C19H21Br2N2O/c1-12-16(20)11-17(21)19-22(14-5-6-14)10-9-18(23(12)19)13-3-7-15(24-2)8-4-13/h3-4,7-8,11,14,18H,5-6,9-10H2,1-2H3/q+1. The summed E-state index contributed by atoms with van der Waals surface area (Å²) in [5.41, 5.74) is 2.62. The number of nitrogens with zero attached hydrogens (tertiary/aromatic N) is 2. The third kappa shape index (κ3) is 2.76. The minimum absolute atomic E-state index is 0.356. The summed E-state index contributed by atoms with van der Waals surface area (Å²) in [6.07, 6.45) is 3.76. The summed E-state index contributed by atoms with van der Waals surface area (Å²) in [7, 11) is 1.71. The van der Waals surface area contributed by atoms with Crippen LogP contribution in [0.4, 0.5) is 5.82 Å². The molecule has 5 heteroatoms. The van der Waals surface area contributed by atoms with Gasteiger partial charge in [0.2, 0.25) is 0 Å². The molecular weight excluding hydrogens is 432 g/mol. The molecule has 2 aliphatic rings. The Hall–Kier alpha value is -1.07. The van der Waals surface area contributed by atoms with Crippen molar-refractivity contribution in [2.24, 2.45) is 0 Å². The molecule has 24 heavy (non-hydrogen) atoms. The Kier molecular flexibility index (Phi) is 4.33. The Morgan fingerprint density at radius 3 is 2.42 bits per heavy atom. The van der Waals surface area contributed by atoms with Crippen molar-refractivity contribution in [1.29, 1.82) is 0 Å². The number of aromatic nitrogens is 1. The molecule has 1 aliphatic heterocycles. The van der Waals surface area contributed by atoms with E-state index in [1.54, 1.807) is 7.11 Å². The fourth-order valence-electron chi connectivity index (χ4n) is 3.71. The van der Waals surface area contributed by atoms with E-state index >= 15 is 0 Å². The molecule has 1 saturated carbocycles. The highest BCUT2D eigenvalue weighted by Gasteiger charge is 2.44. The van der Waals surface area contributed by atoms with Crippen LogP contribution in [0.3, 0.4) is 0 Å². The van der Waals surface area contributed by atoms with E-state index in [1.165, 1.54) is 34.4 Å². The van der Waals surface area contributed by atoms with Gasteiger partial charge in [-0.15, -0.1) is 0 Å². The molecule has 1 unspecified atom stereocenters. The van der Waals surface area contributed by atoms with Gasteiger partial charge >= 0.3 is 0 Å². The zero-order valence-corrected chi connectivity index (χ0v) is 17.1. The molecule has 1 fully saturated rings. The van der Waals surface area contributed by atoms with E-state index in [-0.39, 0.29) is 0 Å². The maximum Gasteiger partial charge on any atom is 0.292 e. The average Bonchev–Trinajstić information content (AvgIpc) is 3.43. The predicted molar refractivity (Wildman–Crippen MR) is 103 cm³/mol. The van der Waals surface area contributed by atoms with Crippen molar-refractivity contribution in [3.63, 3.8) is 0 Å². The molecule has 1 aliphatic carbocycles. The van der Waals surface area contributed by atoms with Gasteiger partial charge in [-0.05, 0) is 75.4 Å². The number of rotatable bonds is 3.